The summed E-state index contributed by atoms with van der Waals surface area (Å²) >= 11 is 1.57. The number of fused-ring (bicyclic) bond motifs is 3. The first-order valence-electron chi connectivity index (χ1n) is 10.1. The quantitative estimate of drug-likeness (QED) is 0.688. The molecule has 8 heteroatoms. The molecule has 0 aliphatic heterocycles. The molecule has 1 aromatic carbocycles. The molecule has 0 unspecified atom stereocenters. The van der Waals surface area contributed by atoms with Gasteiger partial charge in [-0.15, -0.1) is 16.4 Å². The second-order valence-corrected chi connectivity index (χ2v) is 9.90. The molecule has 4 rings (SSSR count). The minimum absolute atomic E-state index is 0.178. The molecule has 2 aromatic heterocycles. The number of methoxy groups -OCH3 is 1. The third kappa shape index (κ3) is 3.96. The zero-order chi connectivity index (χ0) is 21.5. The van der Waals surface area contributed by atoms with Gasteiger partial charge in [-0.2, -0.15) is 0 Å². The molecule has 3 aromatic rings. The number of thiophene rings is 1. The number of aromatic nitrogens is 3. The van der Waals surface area contributed by atoms with Crippen LogP contribution in [0.3, 0.4) is 0 Å². The number of aryl methyl sites for hydroxylation is 1. The molecule has 0 bridgehead atoms. The van der Waals surface area contributed by atoms with E-state index < -0.39 is 0 Å². The molecule has 1 N–H and O–H groups in total. The first kappa shape index (κ1) is 20.5. The van der Waals surface area contributed by atoms with Crippen molar-refractivity contribution < 1.29 is 9.53 Å². The number of hydrogen-bond donors (Lipinski definition) is 1. The lowest BCUT2D eigenvalue weighted by atomic mass is 9.72. The number of carbonyl (C=O) groups excluding carboxylic acids is 1. The predicted octanol–water partition coefficient (Wildman–Crippen LogP) is 3.65. The number of hydrogen-bond acceptors (Lipinski definition) is 6. The minimum atomic E-state index is -0.326. The highest BCUT2D eigenvalue weighted by molar-refractivity contribution is 7.18. The molecule has 30 heavy (non-hydrogen) atoms. The molecule has 1 atom stereocenters. The first-order chi connectivity index (χ1) is 14.3. The molecule has 2 heterocycles. The Bertz CT molecular complexity index is 1140. The summed E-state index contributed by atoms with van der Waals surface area (Å²) in [5, 5.41) is 11.7. The summed E-state index contributed by atoms with van der Waals surface area (Å²) in [6, 6.07) is 7.01. The predicted molar refractivity (Wildman–Crippen MR) is 118 cm³/mol. The van der Waals surface area contributed by atoms with E-state index in [2.05, 4.69) is 36.4 Å². The number of rotatable bonds is 4. The third-order valence-electron chi connectivity index (χ3n) is 5.83. The third-order valence-corrected chi connectivity index (χ3v) is 6.97. The summed E-state index contributed by atoms with van der Waals surface area (Å²) in [6.07, 6.45) is 2.90. The normalized spacial score (nSPS) is 16.3. The molecule has 158 valence electrons. The zero-order valence-corrected chi connectivity index (χ0v) is 18.5. The van der Waals surface area contributed by atoms with Crippen LogP contribution in [0.5, 0.6) is 5.75 Å². The highest BCUT2D eigenvalue weighted by atomic mass is 32.1. The van der Waals surface area contributed by atoms with E-state index in [9.17, 15) is 9.59 Å². The average molecular weight is 427 g/mol. The summed E-state index contributed by atoms with van der Waals surface area (Å²) in [5.74, 6) is 0.966. The molecular weight excluding hydrogens is 400 g/mol. The Morgan fingerprint density at radius 1 is 1.30 bits per heavy atom. The van der Waals surface area contributed by atoms with Crippen LogP contribution in [-0.2, 0) is 24.2 Å². The second-order valence-electron chi connectivity index (χ2n) is 8.82. The largest absolute Gasteiger partial charge is 0.497 e. The van der Waals surface area contributed by atoms with E-state index >= 15 is 0 Å². The van der Waals surface area contributed by atoms with Gasteiger partial charge in [0, 0.05) is 10.6 Å². The maximum absolute atomic E-state index is 13.1. The lowest BCUT2D eigenvalue weighted by Crippen LogP contribution is -2.31. The second kappa shape index (κ2) is 7.83. The van der Waals surface area contributed by atoms with Crippen molar-refractivity contribution in [2.24, 2.45) is 11.3 Å². The first-order valence-corrected chi connectivity index (χ1v) is 10.9. The fourth-order valence-corrected chi connectivity index (χ4v) is 5.22. The SMILES string of the molecule is COc1ccc(NC(=O)Cn2nnc3sc4c(c3c2=O)CC[C@@H](C(C)(C)C)C4)cc1. The lowest BCUT2D eigenvalue weighted by Gasteiger charge is -2.33. The topological polar surface area (TPSA) is 86.1 Å². The van der Waals surface area contributed by atoms with Gasteiger partial charge in [-0.3, -0.25) is 9.59 Å². The van der Waals surface area contributed by atoms with Crippen molar-refractivity contribution in [3.8, 4) is 5.75 Å². The van der Waals surface area contributed by atoms with Crippen LogP contribution in [0.15, 0.2) is 29.1 Å². The Labute approximate surface area is 179 Å². The average Bonchev–Trinajstić information content (AvgIpc) is 3.08. The number of nitrogens with one attached hydrogen (secondary N) is 1. The molecule has 0 fully saturated rings. The van der Waals surface area contributed by atoms with Crippen LogP contribution in [0, 0.1) is 11.3 Å². The minimum Gasteiger partial charge on any atom is -0.497 e. The van der Waals surface area contributed by atoms with Crippen molar-refractivity contribution in [2.75, 3.05) is 12.4 Å². The van der Waals surface area contributed by atoms with Crippen LogP contribution in [0.2, 0.25) is 0 Å². The molecule has 0 saturated carbocycles. The maximum Gasteiger partial charge on any atom is 0.279 e. The van der Waals surface area contributed by atoms with Crippen LogP contribution >= 0.6 is 11.3 Å². The Morgan fingerprint density at radius 3 is 2.70 bits per heavy atom. The van der Waals surface area contributed by atoms with Gasteiger partial charge in [0.2, 0.25) is 5.91 Å². The van der Waals surface area contributed by atoms with Crippen molar-refractivity contribution in [3.63, 3.8) is 0 Å². The van der Waals surface area contributed by atoms with E-state index in [0.29, 0.717) is 27.6 Å². The zero-order valence-electron chi connectivity index (χ0n) is 17.7. The van der Waals surface area contributed by atoms with E-state index in [1.807, 2.05) is 0 Å². The summed E-state index contributed by atoms with van der Waals surface area (Å²) in [7, 11) is 1.58. The van der Waals surface area contributed by atoms with Crippen molar-refractivity contribution in [2.45, 2.75) is 46.6 Å². The lowest BCUT2D eigenvalue weighted by molar-refractivity contribution is -0.117. The van der Waals surface area contributed by atoms with Crippen molar-refractivity contribution in [1.82, 2.24) is 15.0 Å². The van der Waals surface area contributed by atoms with Gasteiger partial charge in [-0.05, 0) is 60.4 Å². The van der Waals surface area contributed by atoms with Crippen LogP contribution in [0.1, 0.15) is 37.6 Å². The number of ether oxygens (including phenoxy) is 1. The summed E-state index contributed by atoms with van der Waals surface area (Å²) in [4.78, 5) is 27.4. The van der Waals surface area contributed by atoms with E-state index in [4.69, 9.17) is 4.74 Å². The fraction of sp³-hybridized carbons (Fsp3) is 0.455. The standard InChI is InChI=1S/C22H26N4O3S/c1-22(2,3)13-5-10-16-17(11-13)30-20-19(16)21(28)26(25-24-20)12-18(27)23-14-6-8-15(29-4)9-7-14/h6-9,13H,5,10-12H2,1-4H3,(H,23,27)/t13-/m1/s1. The van der Waals surface area contributed by atoms with E-state index in [1.165, 1.54) is 4.88 Å². The van der Waals surface area contributed by atoms with E-state index in [-0.39, 0.29) is 23.4 Å². The Balaban J connectivity index is 1.56. The molecule has 0 spiro atoms. The monoisotopic (exact) mass is 426 g/mol. The van der Waals surface area contributed by atoms with Gasteiger partial charge >= 0.3 is 0 Å². The van der Waals surface area contributed by atoms with Crippen molar-refractivity contribution in [3.05, 3.63) is 45.1 Å². The molecular formula is C22H26N4O3S. The maximum atomic E-state index is 13.1. The molecule has 1 aliphatic rings. The van der Waals surface area contributed by atoms with Crippen LogP contribution < -0.4 is 15.6 Å². The molecule has 1 aliphatic carbocycles. The Kier molecular flexibility index (Phi) is 5.36. The van der Waals surface area contributed by atoms with Crippen molar-refractivity contribution in [1.29, 1.82) is 0 Å². The summed E-state index contributed by atoms with van der Waals surface area (Å²) < 4.78 is 6.27. The molecule has 7 nitrogen and oxygen atoms in total. The van der Waals surface area contributed by atoms with E-state index in [1.54, 1.807) is 42.7 Å². The number of amides is 1. The highest BCUT2D eigenvalue weighted by Gasteiger charge is 2.32. The van der Waals surface area contributed by atoms with Gasteiger partial charge in [0.25, 0.3) is 5.56 Å². The van der Waals surface area contributed by atoms with Gasteiger partial charge in [-0.1, -0.05) is 26.0 Å². The van der Waals surface area contributed by atoms with Gasteiger partial charge in [0.15, 0.2) is 4.83 Å². The number of anilines is 1. The molecule has 0 saturated heterocycles. The van der Waals surface area contributed by atoms with Gasteiger partial charge in [-0.25, -0.2) is 4.68 Å². The van der Waals surface area contributed by atoms with Crippen LogP contribution in [0.4, 0.5) is 5.69 Å². The number of benzene rings is 1. The number of carbonyl (C=O) groups is 1. The Hall–Kier alpha value is -2.74. The summed E-state index contributed by atoms with van der Waals surface area (Å²) in [5.41, 5.74) is 1.72. The van der Waals surface area contributed by atoms with Crippen LogP contribution in [-0.4, -0.2) is 28.0 Å². The van der Waals surface area contributed by atoms with Gasteiger partial charge < -0.3 is 10.1 Å². The summed E-state index contributed by atoms with van der Waals surface area (Å²) in [6.45, 7) is 6.63. The van der Waals surface area contributed by atoms with Crippen molar-refractivity contribution >= 4 is 33.1 Å². The number of nitrogens with zero attached hydrogens (tertiary/aromatic N) is 3. The smallest absolute Gasteiger partial charge is 0.279 e. The molecule has 0 radical (unpaired) electrons. The van der Waals surface area contributed by atoms with Gasteiger partial charge in [0.05, 0.1) is 12.5 Å². The van der Waals surface area contributed by atoms with E-state index in [0.717, 1.165) is 29.5 Å². The van der Waals surface area contributed by atoms with Gasteiger partial charge in [0.1, 0.15) is 12.3 Å². The Morgan fingerprint density at radius 2 is 2.03 bits per heavy atom. The van der Waals surface area contributed by atoms with Crippen LogP contribution in [0.25, 0.3) is 10.2 Å². The highest BCUT2D eigenvalue weighted by Crippen LogP contribution is 2.41. The molecule has 1 amide bonds. The fourth-order valence-electron chi connectivity index (χ4n) is 3.98.